The van der Waals surface area contributed by atoms with E-state index in [0.717, 1.165) is 18.7 Å². The van der Waals surface area contributed by atoms with Crippen LogP contribution in [0.2, 0.25) is 5.02 Å². The minimum Gasteiger partial charge on any atom is -0.338 e. The quantitative estimate of drug-likeness (QED) is 0.929. The number of hydrogen-bond donors (Lipinski definition) is 1. The van der Waals surface area contributed by atoms with E-state index in [0.29, 0.717) is 35.4 Å². The molecule has 1 fully saturated rings. The molecule has 2 unspecified atom stereocenters. The third kappa shape index (κ3) is 4.20. The van der Waals surface area contributed by atoms with Gasteiger partial charge in [-0.3, -0.25) is 4.90 Å². The number of rotatable bonds is 3. The molecule has 7 heteroatoms. The topological polar surface area (TPSA) is 54.2 Å². The number of piperazine rings is 1. The van der Waals surface area contributed by atoms with E-state index >= 15 is 0 Å². The summed E-state index contributed by atoms with van der Waals surface area (Å²) >= 11 is 5.88. The van der Waals surface area contributed by atoms with Crippen LogP contribution in [0, 0.1) is 0 Å². The Hall–Kier alpha value is -1.14. The molecule has 0 saturated carbocycles. The van der Waals surface area contributed by atoms with Gasteiger partial charge in [-0.2, -0.15) is 4.98 Å². The van der Waals surface area contributed by atoms with Gasteiger partial charge < -0.3 is 9.84 Å². The molecule has 0 spiro atoms. The fourth-order valence-corrected chi connectivity index (χ4v) is 2.92. The highest BCUT2D eigenvalue weighted by molar-refractivity contribution is 6.30. The van der Waals surface area contributed by atoms with Crippen LogP contribution in [0.1, 0.15) is 19.7 Å². The molecule has 1 N–H and O–H groups in total. The summed E-state index contributed by atoms with van der Waals surface area (Å²) in [5.74, 6) is 1.26. The van der Waals surface area contributed by atoms with Gasteiger partial charge in [0.2, 0.25) is 11.7 Å². The molecule has 2 atom stereocenters. The van der Waals surface area contributed by atoms with Crippen molar-refractivity contribution in [2.75, 3.05) is 13.1 Å². The Kier molecular flexibility index (Phi) is 5.81. The van der Waals surface area contributed by atoms with Crippen molar-refractivity contribution in [1.29, 1.82) is 0 Å². The summed E-state index contributed by atoms with van der Waals surface area (Å²) < 4.78 is 5.37. The fraction of sp³-hybridized carbons (Fsp3) is 0.467. The summed E-state index contributed by atoms with van der Waals surface area (Å²) in [7, 11) is 0. The number of nitrogens with zero attached hydrogens (tertiary/aromatic N) is 3. The van der Waals surface area contributed by atoms with Gasteiger partial charge in [-0.25, -0.2) is 0 Å². The molecule has 1 saturated heterocycles. The maximum absolute atomic E-state index is 5.88. The van der Waals surface area contributed by atoms with E-state index in [1.807, 2.05) is 24.3 Å². The maximum atomic E-state index is 5.88. The first-order valence-corrected chi connectivity index (χ1v) is 7.55. The second kappa shape index (κ2) is 7.42. The van der Waals surface area contributed by atoms with Crippen LogP contribution in [0.15, 0.2) is 28.8 Å². The number of nitrogens with one attached hydrogen (secondary N) is 1. The molecule has 22 heavy (non-hydrogen) atoms. The third-order valence-corrected chi connectivity index (χ3v) is 3.81. The number of benzene rings is 1. The van der Waals surface area contributed by atoms with Gasteiger partial charge >= 0.3 is 0 Å². The van der Waals surface area contributed by atoms with Crippen molar-refractivity contribution in [3.63, 3.8) is 0 Å². The number of hydrogen-bond acceptors (Lipinski definition) is 5. The van der Waals surface area contributed by atoms with E-state index in [-0.39, 0.29) is 12.4 Å². The lowest BCUT2D eigenvalue weighted by atomic mass is 10.1. The zero-order valence-electron chi connectivity index (χ0n) is 12.6. The van der Waals surface area contributed by atoms with E-state index in [1.54, 1.807) is 0 Å². The Balaban J connectivity index is 0.00000176. The summed E-state index contributed by atoms with van der Waals surface area (Å²) in [6.07, 6.45) is 0. The van der Waals surface area contributed by atoms with Crippen LogP contribution in [0.5, 0.6) is 0 Å². The van der Waals surface area contributed by atoms with Gasteiger partial charge in [-0.05, 0) is 38.1 Å². The molecule has 0 radical (unpaired) electrons. The first kappa shape index (κ1) is 17.2. The molecule has 120 valence electrons. The van der Waals surface area contributed by atoms with Gasteiger partial charge in [0.05, 0.1) is 6.54 Å². The Morgan fingerprint density at radius 3 is 2.50 bits per heavy atom. The predicted octanol–water partition coefficient (Wildman–Crippen LogP) is 2.99. The first-order chi connectivity index (χ1) is 10.1. The molecule has 1 aromatic carbocycles. The van der Waals surface area contributed by atoms with Crippen molar-refractivity contribution >= 4 is 24.0 Å². The zero-order chi connectivity index (χ0) is 14.8. The molecule has 2 aromatic rings. The smallest absolute Gasteiger partial charge is 0.241 e. The first-order valence-electron chi connectivity index (χ1n) is 7.17. The summed E-state index contributed by atoms with van der Waals surface area (Å²) in [6.45, 7) is 7.05. The Labute approximate surface area is 141 Å². The molecule has 0 aliphatic carbocycles. The van der Waals surface area contributed by atoms with Gasteiger partial charge in [0, 0.05) is 35.8 Å². The van der Waals surface area contributed by atoms with Crippen molar-refractivity contribution in [2.24, 2.45) is 0 Å². The minimum absolute atomic E-state index is 0. The van der Waals surface area contributed by atoms with E-state index < -0.39 is 0 Å². The van der Waals surface area contributed by atoms with E-state index in [9.17, 15) is 0 Å². The summed E-state index contributed by atoms with van der Waals surface area (Å²) in [4.78, 5) is 6.81. The normalized spacial score (nSPS) is 22.3. The Morgan fingerprint density at radius 2 is 1.86 bits per heavy atom. The molecular weight excluding hydrogens is 323 g/mol. The standard InChI is InChI=1S/C15H19ClN4O.ClH/c1-10-7-20(8-11(2)17-10)9-14-18-15(19-21-14)12-3-5-13(16)6-4-12;/h3-6,10-11,17H,7-9H2,1-2H3;1H. The lowest BCUT2D eigenvalue weighted by molar-refractivity contribution is 0.149. The Bertz CT molecular complexity index is 592. The molecule has 1 aromatic heterocycles. The second-order valence-corrected chi connectivity index (χ2v) is 6.12. The summed E-state index contributed by atoms with van der Waals surface area (Å²) in [5, 5.41) is 8.26. The average Bonchev–Trinajstić information content (AvgIpc) is 2.87. The number of halogens is 2. The van der Waals surface area contributed by atoms with E-state index in [1.165, 1.54) is 0 Å². The largest absolute Gasteiger partial charge is 0.338 e. The molecule has 2 heterocycles. The lowest BCUT2D eigenvalue weighted by Gasteiger charge is -2.35. The highest BCUT2D eigenvalue weighted by Gasteiger charge is 2.22. The maximum Gasteiger partial charge on any atom is 0.241 e. The molecule has 1 aliphatic heterocycles. The average molecular weight is 343 g/mol. The van der Waals surface area contributed by atoms with Gasteiger partial charge in [0.1, 0.15) is 0 Å². The van der Waals surface area contributed by atoms with Crippen LogP contribution in [0.25, 0.3) is 11.4 Å². The van der Waals surface area contributed by atoms with Gasteiger partial charge in [-0.15, -0.1) is 12.4 Å². The predicted molar refractivity (Wildman–Crippen MR) is 89.3 cm³/mol. The monoisotopic (exact) mass is 342 g/mol. The highest BCUT2D eigenvalue weighted by atomic mass is 35.5. The Morgan fingerprint density at radius 1 is 1.23 bits per heavy atom. The van der Waals surface area contributed by atoms with Crippen molar-refractivity contribution in [3.8, 4) is 11.4 Å². The molecule has 0 amide bonds. The van der Waals surface area contributed by atoms with Crippen molar-refractivity contribution in [3.05, 3.63) is 35.2 Å². The van der Waals surface area contributed by atoms with Crippen LogP contribution in [0.3, 0.4) is 0 Å². The molecule has 5 nitrogen and oxygen atoms in total. The fourth-order valence-electron chi connectivity index (χ4n) is 2.80. The van der Waals surface area contributed by atoms with Crippen molar-refractivity contribution in [1.82, 2.24) is 20.4 Å². The van der Waals surface area contributed by atoms with Gasteiger partial charge in [-0.1, -0.05) is 16.8 Å². The van der Waals surface area contributed by atoms with Crippen molar-refractivity contribution in [2.45, 2.75) is 32.5 Å². The zero-order valence-corrected chi connectivity index (χ0v) is 14.2. The second-order valence-electron chi connectivity index (χ2n) is 5.68. The molecule has 3 rings (SSSR count). The minimum atomic E-state index is 0. The lowest BCUT2D eigenvalue weighted by Crippen LogP contribution is -2.53. The summed E-state index contributed by atoms with van der Waals surface area (Å²) in [6, 6.07) is 8.40. The van der Waals surface area contributed by atoms with Gasteiger partial charge in [0.15, 0.2) is 0 Å². The van der Waals surface area contributed by atoms with Crippen LogP contribution < -0.4 is 5.32 Å². The van der Waals surface area contributed by atoms with Crippen LogP contribution >= 0.6 is 24.0 Å². The highest BCUT2D eigenvalue weighted by Crippen LogP contribution is 2.19. The van der Waals surface area contributed by atoms with E-state index in [4.69, 9.17) is 16.1 Å². The third-order valence-electron chi connectivity index (χ3n) is 3.56. The van der Waals surface area contributed by atoms with E-state index in [2.05, 4.69) is 34.2 Å². The molecular formula is C15H20Cl2N4O. The molecule has 1 aliphatic rings. The van der Waals surface area contributed by atoms with Crippen LogP contribution in [-0.2, 0) is 6.54 Å². The summed E-state index contributed by atoms with van der Waals surface area (Å²) in [5.41, 5.74) is 0.913. The van der Waals surface area contributed by atoms with Gasteiger partial charge in [0.25, 0.3) is 0 Å². The van der Waals surface area contributed by atoms with Crippen molar-refractivity contribution < 1.29 is 4.52 Å². The van der Waals surface area contributed by atoms with Crippen LogP contribution in [-0.4, -0.2) is 40.2 Å². The number of aromatic nitrogens is 2. The molecule has 0 bridgehead atoms. The SMILES string of the molecule is CC1CN(Cc2nc(-c3ccc(Cl)cc3)no2)CC(C)N1.Cl. The van der Waals surface area contributed by atoms with Crippen LogP contribution in [0.4, 0.5) is 0 Å².